The maximum Gasteiger partial charge on any atom is 0.280 e. The van der Waals surface area contributed by atoms with Crippen molar-refractivity contribution in [3.05, 3.63) is 48.8 Å². The molecule has 0 aliphatic heterocycles. The van der Waals surface area contributed by atoms with Crippen molar-refractivity contribution in [2.24, 2.45) is 12.0 Å². The van der Waals surface area contributed by atoms with Crippen LogP contribution in [-0.4, -0.2) is 10.5 Å². The van der Waals surface area contributed by atoms with Gasteiger partial charge in [-0.3, -0.25) is 4.79 Å². The number of halogens is 1. The zero-order valence-corrected chi connectivity index (χ0v) is 15.9. The number of hydrogen-bond acceptors (Lipinski definition) is 2. The van der Waals surface area contributed by atoms with Crippen LogP contribution in [0.2, 0.25) is 0 Å². The molecule has 2 aromatic rings. The fraction of sp³-hybridized carbons (Fsp3) is 0.375. The topological polar surface area (TPSA) is 34.4 Å². The van der Waals surface area contributed by atoms with E-state index in [-0.39, 0.29) is 11.3 Å². The number of amides is 1. The molecule has 0 saturated heterocycles. The van der Waals surface area contributed by atoms with E-state index in [0.29, 0.717) is 5.56 Å². The van der Waals surface area contributed by atoms with Crippen LogP contribution in [0.3, 0.4) is 0 Å². The van der Waals surface area contributed by atoms with E-state index in [9.17, 15) is 4.79 Å². The molecule has 0 bridgehead atoms. The van der Waals surface area contributed by atoms with Crippen molar-refractivity contribution in [1.82, 2.24) is 4.57 Å². The largest absolute Gasteiger partial charge is 0.324 e. The number of hydrogen-bond donors (Lipinski definition) is 0. The Labute approximate surface area is 142 Å². The summed E-state index contributed by atoms with van der Waals surface area (Å²) in [5.41, 5.74) is 1.88. The minimum absolute atomic E-state index is 0.0600. The third-order valence-electron chi connectivity index (χ3n) is 3.29. The van der Waals surface area contributed by atoms with E-state index < -0.39 is 0 Å². The maximum atomic E-state index is 12.4. The van der Waals surface area contributed by atoms with Crippen molar-refractivity contribution in [2.75, 3.05) is 0 Å². The second-order valence-electron chi connectivity index (χ2n) is 6.00. The van der Waals surface area contributed by atoms with Gasteiger partial charge in [0.05, 0.1) is 5.56 Å². The number of thiazole rings is 1. The summed E-state index contributed by atoms with van der Waals surface area (Å²) < 4.78 is 2.93. The average Bonchev–Trinajstić information content (AvgIpc) is 2.67. The molecule has 0 radical (unpaired) electrons. The van der Waals surface area contributed by atoms with E-state index >= 15 is 0 Å². The normalized spacial score (nSPS) is 12.8. The van der Waals surface area contributed by atoms with E-state index in [1.165, 1.54) is 10.6 Å². The van der Waals surface area contributed by atoms with E-state index in [0.717, 1.165) is 8.37 Å². The van der Waals surface area contributed by atoms with Gasteiger partial charge in [-0.2, -0.15) is 4.99 Å². The van der Waals surface area contributed by atoms with Gasteiger partial charge in [-0.25, -0.2) is 0 Å². The summed E-state index contributed by atoms with van der Waals surface area (Å²) in [6, 6.07) is 7.53. The molecule has 1 aromatic carbocycles. The third-order valence-corrected chi connectivity index (χ3v) is 5.89. The smallest absolute Gasteiger partial charge is 0.280 e. The SMILES string of the molecule is Cc1c(C(C)(C)C)s/c(=N\C(=O)c2ccccc2I)n1C. The fourth-order valence-corrected chi connectivity index (χ4v) is 3.90. The monoisotopic (exact) mass is 414 g/mol. The molecule has 1 amide bonds. The molecule has 0 N–H and O–H groups in total. The predicted octanol–water partition coefficient (Wildman–Crippen LogP) is 4.04. The van der Waals surface area contributed by atoms with E-state index in [1.807, 2.05) is 35.9 Å². The van der Waals surface area contributed by atoms with Crippen LogP contribution in [0.5, 0.6) is 0 Å². The number of rotatable bonds is 1. The van der Waals surface area contributed by atoms with Crippen molar-refractivity contribution in [2.45, 2.75) is 33.1 Å². The Hall–Kier alpha value is -0.950. The molecule has 0 fully saturated rings. The molecule has 2 rings (SSSR count). The number of nitrogens with zero attached hydrogens (tertiary/aromatic N) is 2. The molecule has 21 heavy (non-hydrogen) atoms. The van der Waals surface area contributed by atoms with Crippen molar-refractivity contribution >= 4 is 39.8 Å². The van der Waals surface area contributed by atoms with Crippen LogP contribution in [-0.2, 0) is 12.5 Å². The van der Waals surface area contributed by atoms with Crippen LogP contribution in [0.1, 0.15) is 41.7 Å². The Morgan fingerprint density at radius 3 is 2.43 bits per heavy atom. The molecule has 112 valence electrons. The first kappa shape index (κ1) is 16.4. The highest BCUT2D eigenvalue weighted by atomic mass is 127. The van der Waals surface area contributed by atoms with Gasteiger partial charge in [0.2, 0.25) is 0 Å². The number of aromatic nitrogens is 1. The summed E-state index contributed by atoms with van der Waals surface area (Å²) in [4.78, 5) is 18.7. The van der Waals surface area contributed by atoms with Crippen LogP contribution in [0.4, 0.5) is 0 Å². The van der Waals surface area contributed by atoms with Crippen molar-refractivity contribution < 1.29 is 4.79 Å². The first-order chi connectivity index (χ1) is 9.71. The van der Waals surface area contributed by atoms with Gasteiger partial charge in [0.25, 0.3) is 5.91 Å². The van der Waals surface area contributed by atoms with Gasteiger partial charge in [-0.15, -0.1) is 11.3 Å². The molecule has 0 atom stereocenters. The Morgan fingerprint density at radius 2 is 1.90 bits per heavy atom. The molecule has 1 heterocycles. The van der Waals surface area contributed by atoms with E-state index in [4.69, 9.17) is 0 Å². The number of benzene rings is 1. The highest BCUT2D eigenvalue weighted by molar-refractivity contribution is 14.1. The van der Waals surface area contributed by atoms with Crippen LogP contribution in [0, 0.1) is 10.5 Å². The lowest BCUT2D eigenvalue weighted by molar-refractivity contribution is 0.0997. The number of carbonyl (C=O) groups is 1. The van der Waals surface area contributed by atoms with Gasteiger partial charge in [0.1, 0.15) is 0 Å². The van der Waals surface area contributed by atoms with Gasteiger partial charge in [0.15, 0.2) is 4.80 Å². The van der Waals surface area contributed by atoms with Crippen molar-refractivity contribution in [1.29, 1.82) is 0 Å². The summed E-state index contributed by atoms with van der Waals surface area (Å²) in [7, 11) is 1.96. The molecule has 0 aliphatic carbocycles. The van der Waals surface area contributed by atoms with Crippen LogP contribution in [0.15, 0.2) is 29.3 Å². The lowest BCUT2D eigenvalue weighted by Gasteiger charge is -2.17. The lowest BCUT2D eigenvalue weighted by Crippen LogP contribution is -2.15. The lowest BCUT2D eigenvalue weighted by atomic mass is 9.93. The van der Waals surface area contributed by atoms with Gasteiger partial charge >= 0.3 is 0 Å². The summed E-state index contributed by atoms with van der Waals surface area (Å²) in [5.74, 6) is -0.183. The second kappa shape index (κ2) is 6.04. The fourth-order valence-electron chi connectivity index (χ4n) is 2.10. The first-order valence-corrected chi connectivity index (χ1v) is 8.62. The van der Waals surface area contributed by atoms with Crippen LogP contribution < -0.4 is 4.80 Å². The van der Waals surface area contributed by atoms with Crippen LogP contribution in [0.25, 0.3) is 0 Å². The maximum absolute atomic E-state index is 12.4. The highest BCUT2D eigenvalue weighted by Crippen LogP contribution is 2.27. The molecule has 0 aliphatic rings. The summed E-state index contributed by atoms with van der Waals surface area (Å²) in [6.07, 6.45) is 0. The predicted molar refractivity (Wildman–Crippen MR) is 95.8 cm³/mol. The third kappa shape index (κ3) is 3.45. The summed E-state index contributed by atoms with van der Waals surface area (Å²) in [5, 5.41) is 0. The van der Waals surface area contributed by atoms with E-state index in [2.05, 4.69) is 55.3 Å². The molecule has 0 spiro atoms. The molecule has 5 heteroatoms. The molecule has 1 aromatic heterocycles. The molecule has 0 unspecified atom stereocenters. The number of carbonyl (C=O) groups excluding carboxylic acids is 1. The highest BCUT2D eigenvalue weighted by Gasteiger charge is 2.21. The minimum atomic E-state index is -0.183. The van der Waals surface area contributed by atoms with Gasteiger partial charge < -0.3 is 4.57 Å². The second-order valence-corrected chi connectivity index (χ2v) is 8.14. The van der Waals surface area contributed by atoms with Crippen molar-refractivity contribution in [3.8, 4) is 0 Å². The van der Waals surface area contributed by atoms with Gasteiger partial charge in [0, 0.05) is 21.2 Å². The molecule has 0 saturated carbocycles. The quantitative estimate of drug-likeness (QED) is 0.649. The average molecular weight is 414 g/mol. The molecular weight excluding hydrogens is 395 g/mol. The Kier molecular flexibility index (Phi) is 4.72. The van der Waals surface area contributed by atoms with Gasteiger partial charge in [-0.05, 0) is 47.1 Å². The molecule has 3 nitrogen and oxygen atoms in total. The zero-order chi connectivity index (χ0) is 15.8. The standard InChI is InChI=1S/C16H19IN2OS/c1-10-13(16(2,3)4)21-15(19(10)5)18-14(20)11-8-6-7-9-12(11)17/h6-9H,1-5H3/b18-15-. The Morgan fingerprint density at radius 1 is 1.29 bits per heavy atom. The minimum Gasteiger partial charge on any atom is -0.324 e. The molecular formula is C16H19IN2OS. The Bertz CT molecular complexity index is 750. The zero-order valence-electron chi connectivity index (χ0n) is 12.9. The van der Waals surface area contributed by atoms with Gasteiger partial charge in [-0.1, -0.05) is 32.9 Å². The first-order valence-electron chi connectivity index (χ1n) is 6.72. The summed E-state index contributed by atoms with van der Waals surface area (Å²) >= 11 is 3.76. The van der Waals surface area contributed by atoms with Crippen molar-refractivity contribution in [3.63, 3.8) is 0 Å². The van der Waals surface area contributed by atoms with E-state index in [1.54, 1.807) is 11.3 Å². The summed E-state index contributed by atoms with van der Waals surface area (Å²) in [6.45, 7) is 8.61. The van der Waals surface area contributed by atoms with Crippen LogP contribution >= 0.6 is 33.9 Å². The Balaban J connectivity index is 2.53.